The van der Waals surface area contributed by atoms with Gasteiger partial charge >= 0.3 is 0 Å². The van der Waals surface area contributed by atoms with Crippen LogP contribution in [0.25, 0.3) is 0 Å². The van der Waals surface area contributed by atoms with Crippen LogP contribution in [0.4, 0.5) is 0 Å². The molecule has 28 heavy (non-hydrogen) atoms. The second kappa shape index (κ2) is 12.2. The maximum atomic E-state index is 11.5. The van der Waals surface area contributed by atoms with E-state index in [1.807, 2.05) is 74.5 Å². The van der Waals surface area contributed by atoms with Gasteiger partial charge in [0, 0.05) is 18.8 Å². The molecule has 0 heterocycles. The summed E-state index contributed by atoms with van der Waals surface area (Å²) < 4.78 is 0. The Hall–Kier alpha value is -2.30. The van der Waals surface area contributed by atoms with Gasteiger partial charge in [0.15, 0.2) is 11.6 Å². The molecular formula is C24H32O4. The second-order valence-electron chi connectivity index (χ2n) is 7.58. The molecule has 0 saturated carbocycles. The van der Waals surface area contributed by atoms with Crippen LogP contribution in [-0.2, 0) is 22.4 Å². The minimum Gasteiger partial charge on any atom is -0.385 e. The first-order valence-electron chi connectivity index (χ1n) is 9.72. The van der Waals surface area contributed by atoms with Crippen molar-refractivity contribution in [1.82, 2.24) is 0 Å². The van der Waals surface area contributed by atoms with E-state index < -0.39 is 12.2 Å². The third kappa shape index (κ3) is 8.59. The first-order chi connectivity index (χ1) is 13.2. The number of hydrogen-bond donors (Lipinski definition) is 2. The molecule has 0 bridgehead atoms. The normalized spacial score (nSPS) is 12.9. The molecule has 4 nitrogen and oxygen atoms in total. The summed E-state index contributed by atoms with van der Waals surface area (Å²) in [5, 5.41) is 19.1. The Kier molecular flexibility index (Phi) is 10.4. The predicted molar refractivity (Wildman–Crippen MR) is 112 cm³/mol. The number of Topliss-reactive ketones (excluding diaryl/α,β-unsaturated/α-hetero) is 2. The largest absolute Gasteiger partial charge is 0.385 e. The summed E-state index contributed by atoms with van der Waals surface area (Å²) in [4.78, 5) is 22.9. The van der Waals surface area contributed by atoms with Gasteiger partial charge in [-0.1, -0.05) is 88.4 Å². The van der Waals surface area contributed by atoms with Crippen molar-refractivity contribution >= 4 is 11.6 Å². The Morgan fingerprint density at radius 1 is 0.786 bits per heavy atom. The van der Waals surface area contributed by atoms with Crippen LogP contribution in [0.1, 0.15) is 38.8 Å². The van der Waals surface area contributed by atoms with Crippen LogP contribution in [0.5, 0.6) is 0 Å². The zero-order valence-corrected chi connectivity index (χ0v) is 17.2. The monoisotopic (exact) mass is 384 g/mol. The summed E-state index contributed by atoms with van der Waals surface area (Å²) in [7, 11) is 0. The fourth-order valence-corrected chi connectivity index (χ4v) is 2.60. The van der Waals surface area contributed by atoms with E-state index in [9.17, 15) is 19.8 Å². The van der Waals surface area contributed by atoms with Crippen LogP contribution < -0.4 is 0 Å². The quantitative estimate of drug-likeness (QED) is 0.729. The lowest BCUT2D eigenvalue weighted by atomic mass is 9.98. The summed E-state index contributed by atoms with van der Waals surface area (Å²) in [5.74, 6) is -0.306. The summed E-state index contributed by atoms with van der Waals surface area (Å²) in [6.07, 6.45) is -0.967. The number of aliphatic hydroxyl groups is 2. The maximum absolute atomic E-state index is 11.5. The van der Waals surface area contributed by atoms with E-state index in [-0.39, 0.29) is 23.4 Å². The number of hydrogen-bond acceptors (Lipinski definition) is 4. The molecule has 0 fully saturated rings. The summed E-state index contributed by atoms with van der Waals surface area (Å²) >= 11 is 0. The number of carbonyl (C=O) groups excluding carboxylic acids is 2. The Bertz CT molecular complexity index is 708. The van der Waals surface area contributed by atoms with Gasteiger partial charge in [-0.15, -0.1) is 0 Å². The SMILES string of the molecule is CC(C)C(=O)C(O)Cc1ccccc1.CC(C)C(O)C(=O)Cc1ccccc1. The third-order valence-corrected chi connectivity index (χ3v) is 4.35. The van der Waals surface area contributed by atoms with Crippen molar-refractivity contribution in [3.63, 3.8) is 0 Å². The lowest BCUT2D eigenvalue weighted by Crippen LogP contribution is -2.27. The highest BCUT2D eigenvalue weighted by Gasteiger charge is 2.19. The predicted octanol–water partition coefficient (Wildman–Crippen LogP) is 3.63. The van der Waals surface area contributed by atoms with Crippen LogP contribution in [0.3, 0.4) is 0 Å². The molecule has 2 atom stereocenters. The molecule has 152 valence electrons. The van der Waals surface area contributed by atoms with E-state index in [0.29, 0.717) is 12.8 Å². The van der Waals surface area contributed by atoms with Crippen molar-refractivity contribution in [2.24, 2.45) is 11.8 Å². The number of rotatable bonds is 8. The van der Waals surface area contributed by atoms with Gasteiger partial charge in [0.2, 0.25) is 0 Å². The summed E-state index contributed by atoms with van der Waals surface area (Å²) in [6, 6.07) is 19.0. The highest BCUT2D eigenvalue weighted by atomic mass is 16.3. The highest BCUT2D eigenvalue weighted by molar-refractivity contribution is 5.85. The van der Waals surface area contributed by atoms with Crippen LogP contribution in [-0.4, -0.2) is 34.0 Å². The Morgan fingerprint density at radius 2 is 1.25 bits per heavy atom. The topological polar surface area (TPSA) is 74.6 Å². The number of aliphatic hydroxyl groups excluding tert-OH is 2. The Balaban J connectivity index is 0.000000280. The van der Waals surface area contributed by atoms with Gasteiger partial charge in [0.1, 0.15) is 12.2 Å². The molecular weight excluding hydrogens is 352 g/mol. The van der Waals surface area contributed by atoms with Gasteiger partial charge in [0.25, 0.3) is 0 Å². The maximum Gasteiger partial charge on any atom is 0.165 e. The van der Waals surface area contributed by atoms with Crippen LogP contribution >= 0.6 is 0 Å². The molecule has 0 aliphatic heterocycles. The second-order valence-corrected chi connectivity index (χ2v) is 7.58. The van der Waals surface area contributed by atoms with Crippen LogP contribution in [0, 0.1) is 11.8 Å². The molecule has 0 radical (unpaired) electrons. The van der Waals surface area contributed by atoms with Gasteiger partial charge in [-0.05, 0) is 17.0 Å². The molecule has 0 amide bonds. The lowest BCUT2D eigenvalue weighted by Gasteiger charge is -2.12. The standard InChI is InChI=1S/2C12H16O2/c2*1-9(2)12(14)11(13)8-10-6-4-3-5-7-10/h3-7,9,12,14H,8H2,1-2H3;3-7,9,11,13H,8H2,1-2H3. The van der Waals surface area contributed by atoms with Crippen molar-refractivity contribution in [3.05, 3.63) is 71.8 Å². The van der Waals surface area contributed by atoms with Gasteiger partial charge in [-0.3, -0.25) is 9.59 Å². The average Bonchev–Trinajstić information content (AvgIpc) is 2.68. The van der Waals surface area contributed by atoms with Gasteiger partial charge in [-0.25, -0.2) is 0 Å². The van der Waals surface area contributed by atoms with Gasteiger partial charge < -0.3 is 10.2 Å². The zero-order valence-electron chi connectivity index (χ0n) is 17.2. The molecule has 2 rings (SSSR count). The van der Waals surface area contributed by atoms with Crippen molar-refractivity contribution in [2.45, 2.75) is 52.7 Å². The van der Waals surface area contributed by atoms with Crippen LogP contribution in [0.15, 0.2) is 60.7 Å². The van der Waals surface area contributed by atoms with E-state index in [4.69, 9.17) is 0 Å². The fourth-order valence-electron chi connectivity index (χ4n) is 2.60. The third-order valence-electron chi connectivity index (χ3n) is 4.35. The molecule has 0 aromatic heterocycles. The summed E-state index contributed by atoms with van der Waals surface area (Å²) in [6.45, 7) is 7.29. The minimum absolute atomic E-state index is 0.00814. The molecule has 4 heteroatoms. The minimum atomic E-state index is -0.864. The number of carbonyl (C=O) groups is 2. The zero-order chi connectivity index (χ0) is 21.1. The first kappa shape index (κ1) is 23.7. The van der Waals surface area contributed by atoms with Crippen molar-refractivity contribution in [1.29, 1.82) is 0 Å². The van der Waals surface area contributed by atoms with Crippen molar-refractivity contribution in [3.8, 4) is 0 Å². The molecule has 0 aliphatic rings. The molecule has 2 unspecified atom stereocenters. The number of benzene rings is 2. The molecule has 2 aromatic rings. The van der Waals surface area contributed by atoms with E-state index >= 15 is 0 Å². The Labute approximate surface area is 168 Å². The lowest BCUT2D eigenvalue weighted by molar-refractivity contribution is -0.130. The average molecular weight is 385 g/mol. The summed E-state index contributed by atoms with van der Waals surface area (Å²) in [5.41, 5.74) is 1.95. The molecule has 0 saturated heterocycles. The molecule has 0 aliphatic carbocycles. The van der Waals surface area contributed by atoms with Crippen molar-refractivity contribution < 1.29 is 19.8 Å². The first-order valence-corrected chi connectivity index (χ1v) is 9.72. The van der Waals surface area contributed by atoms with E-state index in [2.05, 4.69) is 0 Å². The van der Waals surface area contributed by atoms with Crippen molar-refractivity contribution in [2.75, 3.05) is 0 Å². The van der Waals surface area contributed by atoms with Crippen LogP contribution in [0.2, 0.25) is 0 Å². The highest BCUT2D eigenvalue weighted by Crippen LogP contribution is 2.08. The molecule has 0 spiro atoms. The van der Waals surface area contributed by atoms with E-state index in [1.54, 1.807) is 13.8 Å². The Morgan fingerprint density at radius 3 is 1.68 bits per heavy atom. The van der Waals surface area contributed by atoms with Gasteiger partial charge in [-0.2, -0.15) is 0 Å². The molecule has 2 aromatic carbocycles. The van der Waals surface area contributed by atoms with E-state index in [0.717, 1.165) is 11.1 Å². The molecule has 2 N–H and O–H groups in total. The number of ketones is 2. The fraction of sp³-hybridized carbons (Fsp3) is 0.417. The van der Waals surface area contributed by atoms with E-state index in [1.165, 1.54) is 0 Å². The smallest absolute Gasteiger partial charge is 0.165 e. The van der Waals surface area contributed by atoms with Gasteiger partial charge in [0.05, 0.1) is 0 Å².